The minimum absolute atomic E-state index is 0.142. The van der Waals surface area contributed by atoms with Crippen LogP contribution in [0, 0.1) is 0 Å². The maximum Gasteiger partial charge on any atom is 0.222 e. The van der Waals surface area contributed by atoms with Crippen LogP contribution in [0.1, 0.15) is 18.4 Å². The van der Waals surface area contributed by atoms with Crippen LogP contribution in [-0.2, 0) is 0 Å². The summed E-state index contributed by atoms with van der Waals surface area (Å²) in [6.07, 6.45) is 1.81. The van der Waals surface area contributed by atoms with Gasteiger partial charge in [-0.05, 0) is 41.5 Å². The topological polar surface area (TPSA) is 109 Å². The number of nitrogen functional groups attached to an aromatic ring is 2. The summed E-state index contributed by atoms with van der Waals surface area (Å²) in [5, 5.41) is 1.71. The Kier molecular flexibility index (Phi) is 3.52. The molecule has 28 heavy (non-hydrogen) atoms. The van der Waals surface area contributed by atoms with Gasteiger partial charge in [-0.15, -0.1) is 0 Å². The average molecular weight is 373 g/mol. The third kappa shape index (κ3) is 2.32. The van der Waals surface area contributed by atoms with Crippen LogP contribution in [0.25, 0.3) is 32.9 Å². The van der Waals surface area contributed by atoms with Crippen LogP contribution in [0.2, 0.25) is 0 Å². The fraction of sp³-hybridized carbons (Fsp3) is 0.190. The van der Waals surface area contributed by atoms with E-state index in [0.29, 0.717) is 23.3 Å². The second kappa shape index (κ2) is 5.95. The van der Waals surface area contributed by atoms with Gasteiger partial charge in [0.1, 0.15) is 17.3 Å². The third-order valence-electron chi connectivity index (χ3n) is 5.23. The lowest BCUT2D eigenvalue weighted by Gasteiger charge is -2.15. The first kappa shape index (κ1) is 16.6. The molecule has 0 saturated carbocycles. The van der Waals surface area contributed by atoms with E-state index < -0.39 is 0 Å². The quantitative estimate of drug-likeness (QED) is 0.553. The molecule has 1 unspecified atom stereocenters. The van der Waals surface area contributed by atoms with Gasteiger partial charge in [-0.1, -0.05) is 6.92 Å². The lowest BCUT2D eigenvalue weighted by atomic mass is 9.89. The van der Waals surface area contributed by atoms with Crippen molar-refractivity contribution < 1.29 is 9.47 Å². The molecule has 4 aromatic rings. The summed E-state index contributed by atoms with van der Waals surface area (Å²) in [5.41, 5.74) is 16.7. The second-order valence-corrected chi connectivity index (χ2v) is 6.98. The highest BCUT2D eigenvalue weighted by Gasteiger charge is 2.29. The Bertz CT molecular complexity index is 1250. The van der Waals surface area contributed by atoms with Gasteiger partial charge in [0.2, 0.25) is 5.95 Å². The molecule has 1 aliphatic rings. The van der Waals surface area contributed by atoms with Crippen molar-refractivity contribution in [3.05, 3.63) is 42.1 Å². The summed E-state index contributed by atoms with van der Waals surface area (Å²) in [6.45, 7) is 2.72. The monoisotopic (exact) mass is 373 g/mol. The van der Waals surface area contributed by atoms with E-state index in [0.717, 1.165) is 39.1 Å². The third-order valence-corrected chi connectivity index (χ3v) is 5.23. The molecule has 0 fully saturated rings. The summed E-state index contributed by atoms with van der Waals surface area (Å²) in [5.74, 6) is 2.20. The van der Waals surface area contributed by atoms with E-state index in [1.807, 2.05) is 36.5 Å². The predicted molar refractivity (Wildman–Crippen MR) is 110 cm³/mol. The van der Waals surface area contributed by atoms with Gasteiger partial charge < -0.3 is 20.9 Å². The van der Waals surface area contributed by atoms with Gasteiger partial charge in [-0.2, -0.15) is 4.98 Å². The molecular weight excluding hydrogens is 354 g/mol. The van der Waals surface area contributed by atoms with Crippen molar-refractivity contribution in [2.45, 2.75) is 12.8 Å². The molecule has 2 aromatic carbocycles. The number of aromatic nitrogens is 3. The van der Waals surface area contributed by atoms with Gasteiger partial charge in [0.05, 0.1) is 30.1 Å². The van der Waals surface area contributed by atoms with E-state index >= 15 is 0 Å². The van der Waals surface area contributed by atoms with E-state index in [9.17, 15) is 0 Å². The van der Waals surface area contributed by atoms with E-state index in [1.54, 1.807) is 7.11 Å². The minimum Gasteiger partial charge on any atom is -0.497 e. The van der Waals surface area contributed by atoms with E-state index in [4.69, 9.17) is 20.9 Å². The first-order valence-electron chi connectivity index (χ1n) is 9.02. The van der Waals surface area contributed by atoms with E-state index in [1.165, 1.54) is 0 Å². The Balaban J connectivity index is 1.90. The minimum atomic E-state index is 0.142. The first-order chi connectivity index (χ1) is 13.6. The highest BCUT2D eigenvalue weighted by atomic mass is 16.5. The normalized spacial score (nSPS) is 15.6. The molecule has 2 aromatic heterocycles. The number of rotatable bonds is 2. The fourth-order valence-electron chi connectivity index (χ4n) is 3.96. The number of hydrogen-bond acceptors (Lipinski definition) is 7. The van der Waals surface area contributed by atoms with Crippen molar-refractivity contribution in [1.29, 1.82) is 0 Å². The smallest absolute Gasteiger partial charge is 0.222 e. The fourth-order valence-corrected chi connectivity index (χ4v) is 3.96. The summed E-state index contributed by atoms with van der Waals surface area (Å²) in [6, 6.07) is 9.88. The first-order valence-corrected chi connectivity index (χ1v) is 9.02. The maximum absolute atomic E-state index is 6.16. The highest BCUT2D eigenvalue weighted by molar-refractivity contribution is 6.04. The Morgan fingerprint density at radius 3 is 2.75 bits per heavy atom. The molecule has 7 nitrogen and oxygen atoms in total. The SMILES string of the molecule is COc1ccc2nccc(-c3cc4nc(N)nc(N)c4c4c3C(C)CO4)c2c1. The number of fused-ring (bicyclic) bond motifs is 4. The van der Waals surface area contributed by atoms with Crippen molar-refractivity contribution >= 4 is 33.6 Å². The molecule has 5 rings (SSSR count). The zero-order valence-corrected chi connectivity index (χ0v) is 15.6. The molecule has 0 radical (unpaired) electrons. The average Bonchev–Trinajstić information content (AvgIpc) is 3.07. The van der Waals surface area contributed by atoms with Crippen LogP contribution in [-0.4, -0.2) is 28.7 Å². The van der Waals surface area contributed by atoms with E-state index in [-0.39, 0.29) is 11.9 Å². The molecule has 1 atom stereocenters. The van der Waals surface area contributed by atoms with Crippen molar-refractivity contribution in [3.63, 3.8) is 0 Å². The van der Waals surface area contributed by atoms with Crippen LogP contribution < -0.4 is 20.9 Å². The van der Waals surface area contributed by atoms with Crippen molar-refractivity contribution in [3.8, 4) is 22.6 Å². The lowest BCUT2D eigenvalue weighted by molar-refractivity contribution is 0.340. The number of methoxy groups -OCH3 is 1. The molecule has 0 amide bonds. The molecule has 3 heterocycles. The summed E-state index contributed by atoms with van der Waals surface area (Å²) < 4.78 is 11.4. The van der Waals surface area contributed by atoms with Crippen LogP contribution in [0.15, 0.2) is 36.5 Å². The number of benzene rings is 2. The molecule has 0 bridgehead atoms. The van der Waals surface area contributed by atoms with Crippen molar-refractivity contribution in [1.82, 2.24) is 15.0 Å². The number of hydrogen-bond donors (Lipinski definition) is 2. The van der Waals surface area contributed by atoms with E-state index in [2.05, 4.69) is 21.9 Å². The largest absolute Gasteiger partial charge is 0.497 e. The van der Waals surface area contributed by atoms with Gasteiger partial charge in [0, 0.05) is 23.1 Å². The molecule has 140 valence electrons. The Labute approximate surface area is 161 Å². The summed E-state index contributed by atoms with van der Waals surface area (Å²) in [7, 11) is 1.66. The standard InChI is InChI=1S/C21H19N5O2/c1-10-9-28-19-17(10)14(8-16-18(19)20(22)26-21(23)25-16)12-5-6-24-15-4-3-11(27-2)7-13(12)15/h3-8,10H,9H2,1-2H3,(H4,22,23,25,26). The summed E-state index contributed by atoms with van der Waals surface area (Å²) in [4.78, 5) is 13.0. The second-order valence-electron chi connectivity index (χ2n) is 6.98. The number of nitrogens with zero attached hydrogens (tertiary/aromatic N) is 3. The Morgan fingerprint density at radius 2 is 1.93 bits per heavy atom. The van der Waals surface area contributed by atoms with Gasteiger partial charge in [0.25, 0.3) is 0 Å². The van der Waals surface area contributed by atoms with Crippen molar-refractivity contribution in [2.24, 2.45) is 0 Å². The van der Waals surface area contributed by atoms with Crippen molar-refractivity contribution in [2.75, 3.05) is 25.2 Å². The molecule has 7 heteroatoms. The number of pyridine rings is 1. The molecule has 4 N–H and O–H groups in total. The zero-order valence-electron chi connectivity index (χ0n) is 15.6. The molecule has 0 spiro atoms. The van der Waals surface area contributed by atoms with Gasteiger partial charge >= 0.3 is 0 Å². The Hall–Kier alpha value is -3.61. The van der Waals surface area contributed by atoms with Crippen LogP contribution in [0.5, 0.6) is 11.5 Å². The molecule has 0 saturated heterocycles. The maximum atomic E-state index is 6.16. The van der Waals surface area contributed by atoms with Gasteiger partial charge in [-0.3, -0.25) is 4.98 Å². The zero-order chi connectivity index (χ0) is 19.4. The summed E-state index contributed by atoms with van der Waals surface area (Å²) >= 11 is 0. The molecular formula is C21H19N5O2. The Morgan fingerprint density at radius 1 is 1.07 bits per heavy atom. The lowest BCUT2D eigenvalue weighted by Crippen LogP contribution is -2.02. The predicted octanol–water partition coefficient (Wildman–Crippen LogP) is 3.51. The molecule has 1 aliphatic heterocycles. The van der Waals surface area contributed by atoms with Crippen LogP contribution in [0.4, 0.5) is 11.8 Å². The number of nitrogens with two attached hydrogens (primary N) is 2. The van der Waals surface area contributed by atoms with Crippen LogP contribution in [0.3, 0.4) is 0 Å². The van der Waals surface area contributed by atoms with Crippen LogP contribution >= 0.6 is 0 Å². The van der Waals surface area contributed by atoms with Gasteiger partial charge in [-0.25, -0.2) is 4.98 Å². The number of ether oxygens (including phenoxy) is 2. The highest BCUT2D eigenvalue weighted by Crippen LogP contribution is 2.48. The number of anilines is 2. The molecule has 0 aliphatic carbocycles. The van der Waals surface area contributed by atoms with Gasteiger partial charge in [0.15, 0.2) is 0 Å².